The molecular weight excluding hydrogens is 258 g/mol. The van der Waals surface area contributed by atoms with Gasteiger partial charge in [0.2, 0.25) is 12.7 Å². The maximum atomic E-state index is 5.69. The van der Waals surface area contributed by atoms with Gasteiger partial charge in [-0.05, 0) is 19.1 Å². The van der Waals surface area contributed by atoms with Crippen LogP contribution in [0.1, 0.15) is 6.92 Å². The number of aromatic nitrogens is 2. The maximum Gasteiger partial charge on any atom is 0.231 e. The van der Waals surface area contributed by atoms with Crippen LogP contribution in [-0.4, -0.2) is 23.3 Å². The summed E-state index contributed by atoms with van der Waals surface area (Å²) in [7, 11) is 0. The van der Waals surface area contributed by atoms with Crippen LogP contribution in [0.4, 0.5) is 23.3 Å². The second-order valence-corrected chi connectivity index (χ2v) is 4.22. The SMILES string of the molecule is CCNc1cc(Nc2ccc3c(c2)OCO3)nc(N)n1. The summed E-state index contributed by atoms with van der Waals surface area (Å²) < 4.78 is 10.6. The highest BCUT2D eigenvalue weighted by molar-refractivity contribution is 5.64. The summed E-state index contributed by atoms with van der Waals surface area (Å²) in [6.07, 6.45) is 0. The summed E-state index contributed by atoms with van der Waals surface area (Å²) in [6.45, 7) is 3.01. The van der Waals surface area contributed by atoms with E-state index in [9.17, 15) is 0 Å². The number of nitrogens with two attached hydrogens (primary N) is 1. The number of benzene rings is 1. The normalized spacial score (nSPS) is 12.2. The van der Waals surface area contributed by atoms with Crippen LogP contribution in [0.3, 0.4) is 0 Å². The molecule has 0 fully saturated rings. The van der Waals surface area contributed by atoms with Crippen LogP contribution in [0.15, 0.2) is 24.3 Å². The third-order valence-electron chi connectivity index (χ3n) is 2.75. The third-order valence-corrected chi connectivity index (χ3v) is 2.75. The van der Waals surface area contributed by atoms with E-state index < -0.39 is 0 Å². The first-order chi connectivity index (χ1) is 9.74. The van der Waals surface area contributed by atoms with Crippen molar-refractivity contribution in [2.75, 3.05) is 29.7 Å². The fourth-order valence-corrected chi connectivity index (χ4v) is 1.92. The minimum absolute atomic E-state index is 0.215. The van der Waals surface area contributed by atoms with Crippen LogP contribution in [0.25, 0.3) is 0 Å². The largest absolute Gasteiger partial charge is 0.454 e. The summed E-state index contributed by atoms with van der Waals surface area (Å²) in [4.78, 5) is 8.24. The second kappa shape index (κ2) is 5.12. The summed E-state index contributed by atoms with van der Waals surface area (Å²) >= 11 is 0. The number of nitrogens with one attached hydrogen (secondary N) is 2. The lowest BCUT2D eigenvalue weighted by atomic mass is 10.3. The molecule has 20 heavy (non-hydrogen) atoms. The van der Waals surface area contributed by atoms with Gasteiger partial charge in [-0.3, -0.25) is 0 Å². The second-order valence-electron chi connectivity index (χ2n) is 4.22. The van der Waals surface area contributed by atoms with Crippen LogP contribution in [0, 0.1) is 0 Å². The highest BCUT2D eigenvalue weighted by Gasteiger charge is 2.13. The fourth-order valence-electron chi connectivity index (χ4n) is 1.92. The van der Waals surface area contributed by atoms with Gasteiger partial charge >= 0.3 is 0 Å². The molecule has 0 amide bonds. The van der Waals surface area contributed by atoms with E-state index in [2.05, 4.69) is 20.6 Å². The zero-order valence-electron chi connectivity index (χ0n) is 11.0. The van der Waals surface area contributed by atoms with E-state index in [1.54, 1.807) is 6.07 Å². The van der Waals surface area contributed by atoms with Crippen molar-refractivity contribution in [3.63, 3.8) is 0 Å². The van der Waals surface area contributed by atoms with Gasteiger partial charge in [0, 0.05) is 24.4 Å². The third kappa shape index (κ3) is 2.51. The molecule has 0 saturated carbocycles. The first-order valence-corrected chi connectivity index (χ1v) is 6.29. The molecule has 0 bridgehead atoms. The van der Waals surface area contributed by atoms with E-state index >= 15 is 0 Å². The molecule has 0 aliphatic carbocycles. The molecule has 7 heteroatoms. The molecule has 0 radical (unpaired) electrons. The molecular formula is C13H15N5O2. The lowest BCUT2D eigenvalue weighted by Gasteiger charge is -2.09. The Morgan fingerprint density at radius 3 is 2.80 bits per heavy atom. The number of fused-ring (bicyclic) bond motifs is 1. The van der Waals surface area contributed by atoms with Crippen molar-refractivity contribution in [1.29, 1.82) is 0 Å². The number of hydrogen-bond acceptors (Lipinski definition) is 7. The molecule has 104 valence electrons. The first kappa shape index (κ1) is 12.3. The minimum atomic E-state index is 0.215. The van der Waals surface area contributed by atoms with E-state index in [1.807, 2.05) is 25.1 Å². The fraction of sp³-hybridized carbons (Fsp3) is 0.231. The standard InChI is InChI=1S/C13H15N5O2/c1-2-15-11-6-12(18-13(14)17-11)16-8-3-4-9-10(5-8)20-7-19-9/h3-6H,2,7H2,1H3,(H4,14,15,16,17,18). The molecule has 1 aromatic carbocycles. The number of rotatable bonds is 4. The molecule has 0 unspecified atom stereocenters. The predicted molar refractivity (Wildman–Crippen MR) is 76.5 cm³/mol. The Labute approximate surface area is 116 Å². The van der Waals surface area contributed by atoms with Gasteiger partial charge in [0.05, 0.1) is 0 Å². The van der Waals surface area contributed by atoms with Crippen molar-refractivity contribution >= 4 is 23.3 Å². The molecule has 4 N–H and O–H groups in total. The van der Waals surface area contributed by atoms with E-state index in [0.29, 0.717) is 17.4 Å². The van der Waals surface area contributed by atoms with E-state index in [4.69, 9.17) is 15.2 Å². The lowest BCUT2D eigenvalue weighted by Crippen LogP contribution is -2.05. The van der Waals surface area contributed by atoms with Gasteiger partial charge < -0.3 is 25.8 Å². The van der Waals surface area contributed by atoms with Gasteiger partial charge in [-0.15, -0.1) is 0 Å². The van der Waals surface area contributed by atoms with Crippen molar-refractivity contribution < 1.29 is 9.47 Å². The minimum Gasteiger partial charge on any atom is -0.454 e. The summed E-state index contributed by atoms with van der Waals surface area (Å²) in [5.41, 5.74) is 6.53. The Hall–Kier alpha value is -2.70. The highest BCUT2D eigenvalue weighted by atomic mass is 16.7. The van der Waals surface area contributed by atoms with Crippen molar-refractivity contribution in [1.82, 2.24) is 9.97 Å². The smallest absolute Gasteiger partial charge is 0.231 e. The summed E-state index contributed by atoms with van der Waals surface area (Å²) in [6, 6.07) is 7.39. The Bertz CT molecular complexity index is 632. The van der Waals surface area contributed by atoms with Crippen LogP contribution in [0.2, 0.25) is 0 Å². The molecule has 2 aromatic rings. The van der Waals surface area contributed by atoms with Crippen LogP contribution in [-0.2, 0) is 0 Å². The number of ether oxygens (including phenoxy) is 2. The Morgan fingerprint density at radius 2 is 1.95 bits per heavy atom. The summed E-state index contributed by atoms with van der Waals surface area (Å²) in [5.74, 6) is 2.97. The van der Waals surface area contributed by atoms with E-state index in [-0.39, 0.29) is 12.7 Å². The number of anilines is 4. The molecule has 0 spiro atoms. The zero-order valence-corrected chi connectivity index (χ0v) is 11.0. The van der Waals surface area contributed by atoms with Gasteiger partial charge in [-0.25, -0.2) is 0 Å². The van der Waals surface area contributed by atoms with E-state index in [1.165, 1.54) is 0 Å². The van der Waals surface area contributed by atoms with Crippen molar-refractivity contribution in [3.8, 4) is 11.5 Å². The number of hydrogen-bond donors (Lipinski definition) is 3. The lowest BCUT2D eigenvalue weighted by molar-refractivity contribution is 0.174. The first-order valence-electron chi connectivity index (χ1n) is 6.29. The maximum absolute atomic E-state index is 5.69. The quantitative estimate of drug-likeness (QED) is 0.783. The van der Waals surface area contributed by atoms with Crippen LogP contribution < -0.4 is 25.8 Å². The van der Waals surface area contributed by atoms with Gasteiger partial charge in [0.25, 0.3) is 0 Å². The van der Waals surface area contributed by atoms with Crippen molar-refractivity contribution in [3.05, 3.63) is 24.3 Å². The summed E-state index contributed by atoms with van der Waals surface area (Å²) in [5, 5.41) is 6.27. The zero-order chi connectivity index (χ0) is 13.9. The molecule has 1 aromatic heterocycles. The molecule has 0 atom stereocenters. The predicted octanol–water partition coefficient (Wildman–Crippen LogP) is 1.96. The van der Waals surface area contributed by atoms with Crippen molar-refractivity contribution in [2.45, 2.75) is 6.92 Å². The Balaban J connectivity index is 1.83. The average molecular weight is 273 g/mol. The molecule has 7 nitrogen and oxygen atoms in total. The average Bonchev–Trinajstić information content (AvgIpc) is 2.85. The molecule has 0 saturated heterocycles. The highest BCUT2D eigenvalue weighted by Crippen LogP contribution is 2.35. The van der Waals surface area contributed by atoms with Crippen LogP contribution in [0.5, 0.6) is 11.5 Å². The number of nitrogens with zero attached hydrogens (tertiary/aromatic N) is 2. The van der Waals surface area contributed by atoms with Gasteiger partial charge in [-0.2, -0.15) is 9.97 Å². The molecule has 1 aliphatic rings. The Morgan fingerprint density at radius 1 is 1.15 bits per heavy atom. The molecule has 2 heterocycles. The monoisotopic (exact) mass is 273 g/mol. The molecule has 3 rings (SSSR count). The Kier molecular flexibility index (Phi) is 3.16. The number of nitrogen functional groups attached to an aromatic ring is 1. The topological polar surface area (TPSA) is 94.3 Å². The molecule has 1 aliphatic heterocycles. The van der Waals surface area contributed by atoms with Gasteiger partial charge in [0.15, 0.2) is 11.5 Å². The van der Waals surface area contributed by atoms with Crippen LogP contribution >= 0.6 is 0 Å². The van der Waals surface area contributed by atoms with E-state index in [0.717, 1.165) is 18.0 Å². The van der Waals surface area contributed by atoms with Crippen molar-refractivity contribution in [2.24, 2.45) is 0 Å². The van der Waals surface area contributed by atoms with Gasteiger partial charge in [0.1, 0.15) is 11.6 Å². The van der Waals surface area contributed by atoms with Gasteiger partial charge in [-0.1, -0.05) is 0 Å².